The Morgan fingerprint density at radius 2 is 2.16 bits per heavy atom. The lowest BCUT2D eigenvalue weighted by molar-refractivity contribution is 0.639. The van der Waals surface area contributed by atoms with Crippen LogP contribution < -0.4 is 5.73 Å². The number of fused-ring (bicyclic) bond motifs is 1. The first-order valence-corrected chi connectivity index (χ1v) is 7.19. The molecule has 0 bridgehead atoms. The molecule has 2 aromatic rings. The third-order valence-corrected chi connectivity index (χ3v) is 4.17. The maximum atomic E-state index is 5.78. The Kier molecular flexibility index (Phi) is 3.38. The topological polar surface area (TPSA) is 54.7 Å². The van der Waals surface area contributed by atoms with Crippen LogP contribution in [0, 0.1) is 0 Å². The lowest BCUT2D eigenvalue weighted by Gasteiger charge is -2.08. The smallest absolute Gasteiger partial charge is 0.110 e. The molecule has 1 aromatic carbocycles. The van der Waals surface area contributed by atoms with Gasteiger partial charge in [-0.25, -0.2) is 4.98 Å². The summed E-state index contributed by atoms with van der Waals surface area (Å²) in [7, 11) is 0. The highest BCUT2D eigenvalue weighted by atomic mass is 14.9. The number of hydrogen-bond donors (Lipinski definition) is 2. The number of aryl methyl sites for hydroxylation is 2. The van der Waals surface area contributed by atoms with Gasteiger partial charge in [0.15, 0.2) is 0 Å². The zero-order valence-electron chi connectivity index (χ0n) is 11.4. The fraction of sp³-hybridized carbons (Fsp3) is 0.438. The van der Waals surface area contributed by atoms with Crippen molar-refractivity contribution in [3.63, 3.8) is 0 Å². The van der Waals surface area contributed by atoms with Crippen molar-refractivity contribution in [2.24, 2.45) is 5.73 Å². The molecule has 0 saturated carbocycles. The first kappa shape index (κ1) is 12.4. The maximum Gasteiger partial charge on any atom is 0.110 e. The predicted molar refractivity (Wildman–Crippen MR) is 78.1 cm³/mol. The van der Waals surface area contributed by atoms with Gasteiger partial charge in [0.05, 0.1) is 11.9 Å². The van der Waals surface area contributed by atoms with Gasteiger partial charge < -0.3 is 10.7 Å². The van der Waals surface area contributed by atoms with Crippen LogP contribution in [-0.4, -0.2) is 16.5 Å². The summed E-state index contributed by atoms with van der Waals surface area (Å²) in [5.41, 5.74) is 11.1. The van der Waals surface area contributed by atoms with Crippen LogP contribution in [0.4, 0.5) is 0 Å². The van der Waals surface area contributed by atoms with Gasteiger partial charge >= 0.3 is 0 Å². The van der Waals surface area contributed by atoms with E-state index in [1.54, 1.807) is 0 Å². The van der Waals surface area contributed by atoms with Crippen LogP contribution in [0.1, 0.15) is 42.6 Å². The zero-order valence-corrected chi connectivity index (χ0v) is 11.4. The molecule has 0 fully saturated rings. The van der Waals surface area contributed by atoms with Gasteiger partial charge in [-0.3, -0.25) is 0 Å². The minimum atomic E-state index is 0.336. The van der Waals surface area contributed by atoms with Crippen LogP contribution in [0.25, 0.3) is 11.3 Å². The van der Waals surface area contributed by atoms with Gasteiger partial charge in [-0.1, -0.05) is 19.1 Å². The molecule has 0 saturated heterocycles. The maximum absolute atomic E-state index is 5.78. The minimum Gasteiger partial charge on any atom is -0.342 e. The molecule has 0 aliphatic heterocycles. The number of nitrogens with one attached hydrogen (secondary N) is 1. The molecule has 19 heavy (non-hydrogen) atoms. The number of nitrogens with zero attached hydrogens (tertiary/aromatic N) is 1. The first-order valence-electron chi connectivity index (χ1n) is 7.19. The SMILES string of the molecule is CCC(CN)c1ncc(-c2ccc3c(c2)CCC3)[nH]1. The van der Waals surface area contributed by atoms with Crippen LogP contribution in [-0.2, 0) is 12.8 Å². The molecule has 3 rings (SSSR count). The predicted octanol–water partition coefficient (Wildman–Crippen LogP) is 3.02. The van der Waals surface area contributed by atoms with Crippen molar-refractivity contribution in [1.82, 2.24) is 9.97 Å². The number of rotatable bonds is 4. The molecule has 1 aromatic heterocycles. The molecule has 3 heteroatoms. The molecule has 0 radical (unpaired) electrons. The quantitative estimate of drug-likeness (QED) is 0.882. The van der Waals surface area contributed by atoms with E-state index in [9.17, 15) is 0 Å². The summed E-state index contributed by atoms with van der Waals surface area (Å²) in [4.78, 5) is 7.92. The number of aromatic amines is 1. The van der Waals surface area contributed by atoms with Crippen LogP contribution in [0.15, 0.2) is 24.4 Å². The molecular formula is C16H21N3. The lowest BCUT2D eigenvalue weighted by atomic mass is 10.0. The van der Waals surface area contributed by atoms with Crippen LogP contribution >= 0.6 is 0 Å². The van der Waals surface area contributed by atoms with Crippen LogP contribution in [0.2, 0.25) is 0 Å². The van der Waals surface area contributed by atoms with Gasteiger partial charge in [-0.15, -0.1) is 0 Å². The molecule has 100 valence electrons. The van der Waals surface area contributed by atoms with E-state index in [-0.39, 0.29) is 0 Å². The van der Waals surface area contributed by atoms with E-state index in [0.717, 1.165) is 17.9 Å². The van der Waals surface area contributed by atoms with Crippen molar-refractivity contribution in [3.05, 3.63) is 41.3 Å². The molecule has 1 aliphatic rings. The standard InChI is InChI=1S/C16H21N3/c1-2-11(9-17)16-18-10-15(19-16)14-7-6-12-4-3-5-13(12)8-14/h6-8,10-11H,2-5,9,17H2,1H3,(H,18,19). The fourth-order valence-corrected chi connectivity index (χ4v) is 2.90. The summed E-state index contributed by atoms with van der Waals surface area (Å²) in [6.07, 6.45) is 6.69. The van der Waals surface area contributed by atoms with Crippen molar-refractivity contribution in [1.29, 1.82) is 0 Å². The number of H-pyrrole nitrogens is 1. The van der Waals surface area contributed by atoms with E-state index in [1.807, 2.05) is 6.20 Å². The Morgan fingerprint density at radius 3 is 2.95 bits per heavy atom. The Balaban J connectivity index is 1.90. The molecule has 0 amide bonds. The Morgan fingerprint density at radius 1 is 1.32 bits per heavy atom. The molecule has 3 N–H and O–H groups in total. The van der Waals surface area contributed by atoms with Gasteiger partial charge in [-0.05, 0) is 48.4 Å². The third-order valence-electron chi connectivity index (χ3n) is 4.17. The highest BCUT2D eigenvalue weighted by molar-refractivity contribution is 5.61. The second-order valence-electron chi connectivity index (χ2n) is 5.36. The molecule has 3 nitrogen and oxygen atoms in total. The van der Waals surface area contributed by atoms with E-state index in [0.29, 0.717) is 12.5 Å². The average molecular weight is 255 g/mol. The summed E-state index contributed by atoms with van der Waals surface area (Å²) in [5.74, 6) is 1.35. The number of hydrogen-bond acceptors (Lipinski definition) is 2. The van der Waals surface area contributed by atoms with Gasteiger partial charge in [0.2, 0.25) is 0 Å². The molecule has 1 unspecified atom stereocenters. The number of nitrogens with two attached hydrogens (primary N) is 1. The van der Waals surface area contributed by atoms with E-state index < -0.39 is 0 Å². The van der Waals surface area contributed by atoms with E-state index in [2.05, 4.69) is 35.1 Å². The van der Waals surface area contributed by atoms with Crippen molar-refractivity contribution in [3.8, 4) is 11.3 Å². The molecule has 0 spiro atoms. The highest BCUT2D eigenvalue weighted by Crippen LogP contribution is 2.28. The first-order chi connectivity index (χ1) is 9.31. The van der Waals surface area contributed by atoms with Crippen molar-refractivity contribution >= 4 is 0 Å². The Labute approximate surface area is 114 Å². The van der Waals surface area contributed by atoms with E-state index >= 15 is 0 Å². The summed E-state index contributed by atoms with van der Waals surface area (Å²) in [5, 5.41) is 0. The summed E-state index contributed by atoms with van der Waals surface area (Å²) in [6, 6.07) is 6.77. The number of benzene rings is 1. The molecule has 1 aliphatic carbocycles. The van der Waals surface area contributed by atoms with Crippen molar-refractivity contribution in [2.75, 3.05) is 6.54 Å². The molecule has 1 atom stereocenters. The lowest BCUT2D eigenvalue weighted by Crippen LogP contribution is -2.12. The third kappa shape index (κ3) is 2.30. The van der Waals surface area contributed by atoms with Gasteiger partial charge in [0, 0.05) is 12.5 Å². The second-order valence-corrected chi connectivity index (χ2v) is 5.36. The van der Waals surface area contributed by atoms with Gasteiger partial charge in [0.1, 0.15) is 5.82 Å². The Bertz CT molecular complexity index is 567. The summed E-state index contributed by atoms with van der Waals surface area (Å²) in [6.45, 7) is 2.79. The van der Waals surface area contributed by atoms with Gasteiger partial charge in [0.25, 0.3) is 0 Å². The zero-order chi connectivity index (χ0) is 13.2. The second kappa shape index (κ2) is 5.17. The Hall–Kier alpha value is -1.61. The van der Waals surface area contributed by atoms with Crippen LogP contribution in [0.5, 0.6) is 0 Å². The largest absolute Gasteiger partial charge is 0.342 e. The normalized spacial score (nSPS) is 15.5. The molecule has 1 heterocycles. The van der Waals surface area contributed by atoms with Gasteiger partial charge in [-0.2, -0.15) is 0 Å². The fourth-order valence-electron chi connectivity index (χ4n) is 2.90. The number of imidazole rings is 1. The highest BCUT2D eigenvalue weighted by Gasteiger charge is 2.14. The summed E-state index contributed by atoms with van der Waals surface area (Å²) < 4.78 is 0. The average Bonchev–Trinajstić information content (AvgIpc) is 3.08. The van der Waals surface area contributed by atoms with Crippen LogP contribution in [0.3, 0.4) is 0 Å². The summed E-state index contributed by atoms with van der Waals surface area (Å²) >= 11 is 0. The van der Waals surface area contributed by atoms with E-state index in [4.69, 9.17) is 5.73 Å². The van der Waals surface area contributed by atoms with E-state index in [1.165, 1.54) is 36.0 Å². The monoisotopic (exact) mass is 255 g/mol. The molecular weight excluding hydrogens is 234 g/mol. The minimum absolute atomic E-state index is 0.336. The van der Waals surface area contributed by atoms with Crippen molar-refractivity contribution in [2.45, 2.75) is 38.5 Å². The van der Waals surface area contributed by atoms with Crippen molar-refractivity contribution < 1.29 is 0 Å². The number of aromatic nitrogens is 2.